The van der Waals surface area contributed by atoms with Gasteiger partial charge in [0.05, 0.1) is 10.5 Å². The molecule has 0 saturated carbocycles. The van der Waals surface area contributed by atoms with Crippen molar-refractivity contribution in [2.45, 2.75) is 6.92 Å². The van der Waals surface area contributed by atoms with Crippen LogP contribution < -0.4 is 5.32 Å². The van der Waals surface area contributed by atoms with Gasteiger partial charge in [-0.3, -0.25) is 14.9 Å². The molecule has 0 aliphatic heterocycles. The molecule has 21 heavy (non-hydrogen) atoms. The standard InChI is InChI=1S/C14H10FIN2O3/c1-8-6-9(15)2-5-13(8)17-14(19)11-7-10(18(20)21)3-4-12(11)16/h2-7H,1H3,(H,17,19). The van der Waals surface area contributed by atoms with E-state index in [1.807, 2.05) is 22.6 Å². The molecule has 0 spiro atoms. The highest BCUT2D eigenvalue weighted by atomic mass is 127. The molecule has 0 fully saturated rings. The van der Waals surface area contributed by atoms with Crippen LogP contribution in [0.4, 0.5) is 15.8 Å². The number of rotatable bonds is 3. The smallest absolute Gasteiger partial charge is 0.270 e. The Bertz CT molecular complexity index is 734. The van der Waals surface area contributed by atoms with Gasteiger partial charge in [0.15, 0.2) is 0 Å². The Morgan fingerprint density at radius 1 is 1.29 bits per heavy atom. The number of hydrogen-bond acceptors (Lipinski definition) is 3. The number of non-ortho nitro benzene ring substituents is 1. The van der Waals surface area contributed by atoms with Gasteiger partial charge in [0.2, 0.25) is 0 Å². The zero-order valence-electron chi connectivity index (χ0n) is 10.9. The monoisotopic (exact) mass is 400 g/mol. The average molecular weight is 400 g/mol. The van der Waals surface area contributed by atoms with Gasteiger partial charge in [0.1, 0.15) is 5.82 Å². The number of carbonyl (C=O) groups excluding carboxylic acids is 1. The molecule has 2 aromatic rings. The van der Waals surface area contributed by atoms with Crippen LogP contribution in [-0.4, -0.2) is 10.8 Å². The normalized spacial score (nSPS) is 10.2. The molecule has 2 aromatic carbocycles. The molecule has 0 saturated heterocycles. The van der Waals surface area contributed by atoms with Gasteiger partial charge in [0, 0.05) is 21.4 Å². The summed E-state index contributed by atoms with van der Waals surface area (Å²) in [6.07, 6.45) is 0. The van der Waals surface area contributed by atoms with Crippen molar-refractivity contribution in [3.8, 4) is 0 Å². The molecule has 5 nitrogen and oxygen atoms in total. The predicted octanol–water partition coefficient (Wildman–Crippen LogP) is 3.90. The Kier molecular flexibility index (Phi) is 4.51. The third-order valence-electron chi connectivity index (χ3n) is 2.84. The van der Waals surface area contributed by atoms with Gasteiger partial charge in [-0.2, -0.15) is 0 Å². The van der Waals surface area contributed by atoms with Gasteiger partial charge in [-0.15, -0.1) is 0 Å². The molecule has 0 aliphatic carbocycles. The molecular formula is C14H10FIN2O3. The van der Waals surface area contributed by atoms with Crippen LogP contribution in [0.5, 0.6) is 0 Å². The van der Waals surface area contributed by atoms with Crippen molar-refractivity contribution in [3.05, 3.63) is 67.0 Å². The molecule has 0 atom stereocenters. The zero-order chi connectivity index (χ0) is 15.6. The molecule has 108 valence electrons. The maximum absolute atomic E-state index is 13.0. The minimum Gasteiger partial charge on any atom is -0.322 e. The van der Waals surface area contributed by atoms with Crippen molar-refractivity contribution in [2.24, 2.45) is 0 Å². The van der Waals surface area contributed by atoms with Gasteiger partial charge in [-0.1, -0.05) is 0 Å². The summed E-state index contributed by atoms with van der Waals surface area (Å²) in [6.45, 7) is 1.66. The summed E-state index contributed by atoms with van der Waals surface area (Å²) in [5.74, 6) is -0.867. The van der Waals surface area contributed by atoms with Crippen LogP contribution >= 0.6 is 22.6 Å². The maximum atomic E-state index is 13.0. The van der Waals surface area contributed by atoms with Gasteiger partial charge in [-0.05, 0) is 59.3 Å². The lowest BCUT2D eigenvalue weighted by Crippen LogP contribution is -2.14. The van der Waals surface area contributed by atoms with E-state index in [2.05, 4.69) is 5.32 Å². The third kappa shape index (κ3) is 3.54. The van der Waals surface area contributed by atoms with Crippen LogP contribution in [0, 0.1) is 26.4 Å². The third-order valence-corrected chi connectivity index (χ3v) is 3.78. The first kappa shape index (κ1) is 15.4. The molecular weight excluding hydrogens is 390 g/mol. The largest absolute Gasteiger partial charge is 0.322 e. The van der Waals surface area contributed by atoms with E-state index >= 15 is 0 Å². The lowest BCUT2D eigenvalue weighted by Gasteiger charge is -2.09. The van der Waals surface area contributed by atoms with Crippen molar-refractivity contribution in [1.29, 1.82) is 0 Å². The van der Waals surface area contributed by atoms with E-state index < -0.39 is 16.6 Å². The molecule has 1 N–H and O–H groups in total. The summed E-state index contributed by atoms with van der Waals surface area (Å²) in [6, 6.07) is 8.05. The fourth-order valence-electron chi connectivity index (χ4n) is 1.76. The van der Waals surface area contributed by atoms with E-state index in [1.165, 1.54) is 36.4 Å². The first-order chi connectivity index (χ1) is 9.88. The van der Waals surface area contributed by atoms with E-state index in [0.29, 0.717) is 14.8 Å². The second-order valence-corrected chi connectivity index (χ2v) is 5.50. The van der Waals surface area contributed by atoms with Crippen LogP contribution in [0.15, 0.2) is 36.4 Å². The van der Waals surface area contributed by atoms with Gasteiger partial charge in [0.25, 0.3) is 11.6 Å². The quantitative estimate of drug-likeness (QED) is 0.483. The number of nitro groups is 1. The van der Waals surface area contributed by atoms with E-state index in [1.54, 1.807) is 6.92 Å². The lowest BCUT2D eigenvalue weighted by molar-refractivity contribution is -0.384. The Labute approximate surface area is 133 Å². The minimum absolute atomic E-state index is 0.156. The highest BCUT2D eigenvalue weighted by Crippen LogP contribution is 2.22. The Morgan fingerprint density at radius 3 is 2.62 bits per heavy atom. The Hall–Kier alpha value is -2.03. The second kappa shape index (κ2) is 6.17. The number of halogens is 2. The van der Waals surface area contributed by atoms with E-state index in [4.69, 9.17) is 0 Å². The van der Waals surface area contributed by atoms with Crippen LogP contribution in [-0.2, 0) is 0 Å². The highest BCUT2D eigenvalue weighted by Gasteiger charge is 2.16. The van der Waals surface area contributed by atoms with Crippen LogP contribution in [0.3, 0.4) is 0 Å². The second-order valence-electron chi connectivity index (χ2n) is 4.33. The van der Waals surface area contributed by atoms with Gasteiger partial charge >= 0.3 is 0 Å². The predicted molar refractivity (Wildman–Crippen MR) is 84.9 cm³/mol. The maximum Gasteiger partial charge on any atom is 0.270 e. The summed E-state index contributed by atoms with van der Waals surface area (Å²) in [5.41, 5.74) is 1.08. The molecule has 7 heteroatoms. The summed E-state index contributed by atoms with van der Waals surface area (Å²) in [7, 11) is 0. The van der Waals surface area contributed by atoms with E-state index in [-0.39, 0.29) is 11.3 Å². The average Bonchev–Trinajstić information content (AvgIpc) is 2.42. The fraction of sp³-hybridized carbons (Fsp3) is 0.0714. The van der Waals surface area contributed by atoms with Crippen molar-refractivity contribution in [2.75, 3.05) is 5.32 Å². The summed E-state index contributed by atoms with van der Waals surface area (Å²) in [5, 5.41) is 13.4. The number of aryl methyl sites for hydroxylation is 1. The number of nitrogens with one attached hydrogen (secondary N) is 1. The molecule has 0 aliphatic rings. The summed E-state index contributed by atoms with van der Waals surface area (Å²) in [4.78, 5) is 22.4. The SMILES string of the molecule is Cc1cc(F)ccc1NC(=O)c1cc([N+](=O)[O-])ccc1I. The van der Waals surface area contributed by atoms with Crippen LogP contribution in [0.1, 0.15) is 15.9 Å². The number of nitrogens with zero attached hydrogens (tertiary/aromatic N) is 1. The number of anilines is 1. The Balaban J connectivity index is 2.32. The lowest BCUT2D eigenvalue weighted by atomic mass is 10.1. The van der Waals surface area contributed by atoms with Crippen molar-refractivity contribution >= 4 is 39.9 Å². The van der Waals surface area contributed by atoms with Crippen molar-refractivity contribution < 1.29 is 14.1 Å². The number of benzene rings is 2. The molecule has 0 aromatic heterocycles. The number of nitro benzene ring substituents is 1. The van der Waals surface area contributed by atoms with Crippen LogP contribution in [0.2, 0.25) is 0 Å². The van der Waals surface area contributed by atoms with Crippen molar-refractivity contribution in [1.82, 2.24) is 0 Å². The summed E-state index contributed by atoms with van der Waals surface area (Å²) >= 11 is 1.93. The zero-order valence-corrected chi connectivity index (χ0v) is 13.0. The molecule has 1 amide bonds. The highest BCUT2D eigenvalue weighted by molar-refractivity contribution is 14.1. The number of hydrogen-bond donors (Lipinski definition) is 1. The van der Waals surface area contributed by atoms with E-state index in [9.17, 15) is 19.3 Å². The topological polar surface area (TPSA) is 72.2 Å². The molecule has 0 bridgehead atoms. The van der Waals surface area contributed by atoms with Crippen LogP contribution in [0.25, 0.3) is 0 Å². The molecule has 0 heterocycles. The number of carbonyl (C=O) groups is 1. The fourth-order valence-corrected chi connectivity index (χ4v) is 2.34. The van der Waals surface area contributed by atoms with Gasteiger partial charge in [-0.25, -0.2) is 4.39 Å². The van der Waals surface area contributed by atoms with E-state index in [0.717, 1.165) is 0 Å². The van der Waals surface area contributed by atoms with Gasteiger partial charge < -0.3 is 5.32 Å². The Morgan fingerprint density at radius 2 is 2.00 bits per heavy atom. The number of amides is 1. The minimum atomic E-state index is -0.560. The molecule has 2 rings (SSSR count). The molecule has 0 unspecified atom stereocenters. The molecule has 0 radical (unpaired) electrons. The first-order valence-electron chi connectivity index (χ1n) is 5.90. The first-order valence-corrected chi connectivity index (χ1v) is 6.98. The summed E-state index contributed by atoms with van der Waals surface area (Å²) < 4.78 is 13.6. The van der Waals surface area contributed by atoms with Crippen molar-refractivity contribution in [3.63, 3.8) is 0 Å².